The fourth-order valence-electron chi connectivity index (χ4n) is 3.91. The van der Waals surface area contributed by atoms with Crippen LogP contribution >= 0.6 is 0 Å². The summed E-state index contributed by atoms with van der Waals surface area (Å²) in [7, 11) is 1.61. The molecule has 0 aliphatic carbocycles. The molecule has 3 rings (SSSR count). The topological polar surface area (TPSA) is 94.5 Å². The van der Waals surface area contributed by atoms with Crippen LogP contribution in [-0.2, 0) is 11.2 Å². The van der Waals surface area contributed by atoms with E-state index in [-0.39, 0.29) is 11.6 Å². The Morgan fingerprint density at radius 3 is 2.64 bits per heavy atom. The van der Waals surface area contributed by atoms with Crippen molar-refractivity contribution < 1.29 is 13.6 Å². The quantitative estimate of drug-likeness (QED) is 0.509. The Kier molecular flexibility index (Phi) is 7.78. The van der Waals surface area contributed by atoms with Gasteiger partial charge in [-0.1, -0.05) is 6.07 Å². The van der Waals surface area contributed by atoms with Crippen molar-refractivity contribution in [3.05, 3.63) is 70.9 Å². The van der Waals surface area contributed by atoms with Crippen molar-refractivity contribution in [2.45, 2.75) is 26.2 Å². The second kappa shape index (κ2) is 10.7. The highest BCUT2D eigenvalue weighted by Crippen LogP contribution is 2.32. The van der Waals surface area contributed by atoms with Crippen molar-refractivity contribution in [3.8, 4) is 6.07 Å². The monoisotopic (exact) mass is 451 g/mol. The number of aliphatic imine (C=N–C) groups is 1. The number of allylic oxidation sites excluding steroid dienone is 1. The van der Waals surface area contributed by atoms with Crippen LogP contribution in [0.5, 0.6) is 0 Å². The van der Waals surface area contributed by atoms with Gasteiger partial charge in [-0.3, -0.25) is 9.79 Å². The van der Waals surface area contributed by atoms with Crippen LogP contribution < -0.4 is 16.0 Å². The van der Waals surface area contributed by atoms with Crippen LogP contribution in [0.1, 0.15) is 30.9 Å². The summed E-state index contributed by atoms with van der Waals surface area (Å²) in [5.41, 5.74) is 8.77. The summed E-state index contributed by atoms with van der Waals surface area (Å²) in [5, 5.41) is 12.1. The lowest BCUT2D eigenvalue weighted by molar-refractivity contribution is -0.112. The molecule has 0 aromatic heterocycles. The first-order valence-corrected chi connectivity index (χ1v) is 10.8. The SMILES string of the molecule is CN=C(C)C=C(N)C(=O)Nc1cc(C#N)ccc1N1CCC(Cc2ccc(F)cc2F)CC1. The lowest BCUT2D eigenvalue weighted by Crippen LogP contribution is -2.35. The number of nitrogens with one attached hydrogen (secondary N) is 1. The molecular weight excluding hydrogens is 424 g/mol. The first-order chi connectivity index (χ1) is 15.8. The molecular formula is C25H27F2N5O. The average molecular weight is 452 g/mol. The summed E-state index contributed by atoms with van der Waals surface area (Å²) >= 11 is 0. The van der Waals surface area contributed by atoms with Crippen molar-refractivity contribution in [3.63, 3.8) is 0 Å². The van der Waals surface area contributed by atoms with Gasteiger partial charge in [-0.05, 0) is 68.0 Å². The highest BCUT2D eigenvalue weighted by Gasteiger charge is 2.23. The second-order valence-corrected chi connectivity index (χ2v) is 8.13. The zero-order chi connectivity index (χ0) is 24.0. The molecule has 1 saturated heterocycles. The fourth-order valence-corrected chi connectivity index (χ4v) is 3.91. The molecule has 6 nitrogen and oxygen atoms in total. The number of nitrogens with zero attached hydrogens (tertiary/aromatic N) is 3. The number of hydrogen-bond donors (Lipinski definition) is 2. The standard InChI is InChI=1S/C25H27F2N5O/c1-16(30-2)11-22(29)25(33)31-23-13-18(15-28)3-6-24(23)32-9-7-17(8-10-32)12-19-4-5-20(26)14-21(19)27/h3-6,11,13-14,17H,7-10,12,29H2,1-2H3,(H,31,33). The van der Waals surface area contributed by atoms with Gasteiger partial charge in [0.05, 0.1) is 28.7 Å². The van der Waals surface area contributed by atoms with Gasteiger partial charge < -0.3 is 16.0 Å². The molecule has 1 aliphatic heterocycles. The Bertz CT molecular complexity index is 1130. The molecule has 172 valence electrons. The van der Waals surface area contributed by atoms with Crippen molar-refractivity contribution in [1.82, 2.24) is 0 Å². The van der Waals surface area contributed by atoms with E-state index in [1.165, 1.54) is 18.2 Å². The van der Waals surface area contributed by atoms with E-state index >= 15 is 0 Å². The Labute approximate surface area is 192 Å². The average Bonchev–Trinajstić information content (AvgIpc) is 2.81. The first kappa shape index (κ1) is 23.9. The molecule has 0 saturated carbocycles. The Hall–Kier alpha value is -3.73. The summed E-state index contributed by atoms with van der Waals surface area (Å²) < 4.78 is 27.2. The van der Waals surface area contributed by atoms with Crippen LogP contribution in [0.4, 0.5) is 20.2 Å². The van der Waals surface area contributed by atoms with Crippen molar-refractivity contribution in [1.29, 1.82) is 5.26 Å². The highest BCUT2D eigenvalue weighted by atomic mass is 19.1. The van der Waals surface area contributed by atoms with E-state index in [0.717, 1.165) is 24.6 Å². The van der Waals surface area contributed by atoms with Crippen molar-refractivity contribution in [2.75, 3.05) is 30.4 Å². The first-order valence-electron chi connectivity index (χ1n) is 10.8. The molecule has 0 spiro atoms. The van der Waals surface area contributed by atoms with Gasteiger partial charge in [0.2, 0.25) is 0 Å². The summed E-state index contributed by atoms with van der Waals surface area (Å²) in [4.78, 5) is 18.7. The van der Waals surface area contributed by atoms with Gasteiger partial charge in [0.25, 0.3) is 5.91 Å². The molecule has 0 bridgehead atoms. The molecule has 3 N–H and O–H groups in total. The molecule has 0 atom stereocenters. The number of anilines is 2. The van der Waals surface area contributed by atoms with E-state index in [1.807, 2.05) is 6.07 Å². The third kappa shape index (κ3) is 6.16. The maximum atomic E-state index is 14.0. The third-order valence-electron chi connectivity index (χ3n) is 5.83. The number of piperidine rings is 1. The maximum Gasteiger partial charge on any atom is 0.271 e. The molecule has 33 heavy (non-hydrogen) atoms. The zero-order valence-electron chi connectivity index (χ0n) is 18.7. The molecule has 2 aromatic carbocycles. The highest BCUT2D eigenvalue weighted by molar-refractivity contribution is 6.09. The minimum atomic E-state index is -0.575. The molecule has 0 unspecified atom stereocenters. The zero-order valence-corrected chi connectivity index (χ0v) is 18.7. The van der Waals surface area contributed by atoms with Gasteiger partial charge in [0, 0.05) is 31.9 Å². The molecule has 0 radical (unpaired) electrons. The predicted octanol–water partition coefficient (Wildman–Crippen LogP) is 4.17. The van der Waals surface area contributed by atoms with Crippen LogP contribution in [0.25, 0.3) is 0 Å². The van der Waals surface area contributed by atoms with Gasteiger partial charge in [-0.15, -0.1) is 0 Å². The Balaban J connectivity index is 1.72. The van der Waals surface area contributed by atoms with Gasteiger partial charge >= 0.3 is 0 Å². The number of benzene rings is 2. The number of carbonyl (C=O) groups excluding carboxylic acids is 1. The Morgan fingerprint density at radius 1 is 1.27 bits per heavy atom. The summed E-state index contributed by atoms with van der Waals surface area (Å²) in [5.74, 6) is -1.29. The van der Waals surface area contributed by atoms with Crippen molar-refractivity contribution >= 4 is 23.0 Å². The second-order valence-electron chi connectivity index (χ2n) is 8.13. The third-order valence-corrected chi connectivity index (χ3v) is 5.83. The van der Waals surface area contributed by atoms with Crippen LogP contribution in [-0.4, -0.2) is 31.8 Å². The number of carbonyl (C=O) groups is 1. The number of halogens is 2. The lowest BCUT2D eigenvalue weighted by Gasteiger charge is -2.35. The largest absolute Gasteiger partial charge is 0.394 e. The molecule has 8 heteroatoms. The smallest absolute Gasteiger partial charge is 0.271 e. The van der Waals surface area contributed by atoms with E-state index in [9.17, 15) is 18.8 Å². The van der Waals surface area contributed by atoms with Crippen molar-refractivity contribution in [2.24, 2.45) is 16.6 Å². The number of nitriles is 1. The van der Waals surface area contributed by atoms with Crippen LogP contribution in [0, 0.1) is 28.9 Å². The van der Waals surface area contributed by atoms with E-state index in [4.69, 9.17) is 5.73 Å². The molecule has 1 amide bonds. The van der Waals surface area contributed by atoms with E-state index in [0.29, 0.717) is 42.0 Å². The summed E-state index contributed by atoms with van der Waals surface area (Å²) in [6.45, 7) is 3.15. The van der Waals surface area contributed by atoms with Crippen LogP contribution in [0.2, 0.25) is 0 Å². The van der Waals surface area contributed by atoms with E-state index in [2.05, 4.69) is 21.3 Å². The number of nitrogens with two attached hydrogens (primary N) is 1. The fraction of sp³-hybridized carbons (Fsp3) is 0.320. The van der Waals surface area contributed by atoms with Gasteiger partial charge in [0.1, 0.15) is 11.6 Å². The molecule has 1 fully saturated rings. The van der Waals surface area contributed by atoms with Crippen LogP contribution in [0.15, 0.2) is 53.2 Å². The summed E-state index contributed by atoms with van der Waals surface area (Å²) in [6.07, 6.45) is 3.68. The van der Waals surface area contributed by atoms with E-state index < -0.39 is 17.5 Å². The summed E-state index contributed by atoms with van der Waals surface area (Å²) in [6, 6.07) is 10.9. The molecule has 1 heterocycles. The number of rotatable bonds is 6. The Morgan fingerprint density at radius 2 is 2.00 bits per heavy atom. The van der Waals surface area contributed by atoms with Gasteiger partial charge in [0.15, 0.2) is 0 Å². The normalized spacial score (nSPS) is 15.3. The minimum absolute atomic E-state index is 0.0199. The van der Waals surface area contributed by atoms with Crippen LogP contribution in [0.3, 0.4) is 0 Å². The minimum Gasteiger partial charge on any atom is -0.394 e. The predicted molar refractivity (Wildman–Crippen MR) is 126 cm³/mol. The van der Waals surface area contributed by atoms with E-state index in [1.54, 1.807) is 26.1 Å². The number of amides is 1. The number of hydrogen-bond acceptors (Lipinski definition) is 5. The van der Waals surface area contributed by atoms with Gasteiger partial charge in [-0.2, -0.15) is 5.26 Å². The molecule has 1 aliphatic rings. The maximum absolute atomic E-state index is 14.0. The lowest BCUT2D eigenvalue weighted by atomic mass is 9.89. The molecule has 2 aromatic rings. The van der Waals surface area contributed by atoms with Gasteiger partial charge in [-0.25, -0.2) is 8.78 Å².